The molecule has 0 radical (unpaired) electrons. The van der Waals surface area contributed by atoms with E-state index in [1.165, 1.54) is 0 Å². The zero-order valence-corrected chi connectivity index (χ0v) is 11.0. The lowest BCUT2D eigenvalue weighted by molar-refractivity contribution is -0.130. The number of hydrogen-bond donors (Lipinski definition) is 3. The van der Waals surface area contributed by atoms with Crippen molar-refractivity contribution in [1.82, 2.24) is 5.32 Å². The summed E-state index contributed by atoms with van der Waals surface area (Å²) < 4.78 is 0. The normalized spacial score (nSPS) is 22.7. The summed E-state index contributed by atoms with van der Waals surface area (Å²) in [7, 11) is 0. The maximum atomic E-state index is 12.1. The highest BCUT2D eigenvalue weighted by atomic mass is 16.2. The van der Waals surface area contributed by atoms with Crippen LogP contribution in [0.4, 0.5) is 5.69 Å². The van der Waals surface area contributed by atoms with E-state index in [1.54, 1.807) is 0 Å². The highest BCUT2D eigenvalue weighted by Crippen LogP contribution is 2.19. The topological polar surface area (TPSA) is 84.2 Å². The second kappa shape index (κ2) is 5.84. The van der Waals surface area contributed by atoms with Gasteiger partial charge in [0.25, 0.3) is 0 Å². The predicted octanol–water partition coefficient (Wildman–Crippen LogP) is 0.998. The summed E-state index contributed by atoms with van der Waals surface area (Å²) in [5.41, 5.74) is 7.26. The molecule has 5 heteroatoms. The van der Waals surface area contributed by atoms with E-state index in [4.69, 9.17) is 5.73 Å². The summed E-state index contributed by atoms with van der Waals surface area (Å²) >= 11 is 0. The molecule has 1 aromatic carbocycles. The van der Waals surface area contributed by atoms with Gasteiger partial charge in [-0.25, -0.2) is 0 Å². The predicted molar refractivity (Wildman–Crippen MR) is 73.3 cm³/mol. The molecule has 1 heterocycles. The molecule has 0 bridgehead atoms. The quantitative estimate of drug-likeness (QED) is 0.759. The van der Waals surface area contributed by atoms with Crippen molar-refractivity contribution in [3.05, 3.63) is 29.8 Å². The Morgan fingerprint density at radius 1 is 1.53 bits per heavy atom. The molecule has 1 aliphatic heterocycles. The fourth-order valence-electron chi connectivity index (χ4n) is 2.35. The second-order valence-corrected chi connectivity index (χ2v) is 5.00. The number of hydrogen-bond acceptors (Lipinski definition) is 3. The SMILES string of the molecule is C[C@H]1C[C@@H](C(=O)Nc2cccc(CN)c2)CC(=O)N1. The number of amides is 2. The zero-order chi connectivity index (χ0) is 13.8. The highest BCUT2D eigenvalue weighted by molar-refractivity contribution is 5.95. The van der Waals surface area contributed by atoms with E-state index in [1.807, 2.05) is 31.2 Å². The second-order valence-electron chi connectivity index (χ2n) is 5.00. The molecular weight excluding hydrogens is 242 g/mol. The fourth-order valence-corrected chi connectivity index (χ4v) is 2.35. The minimum atomic E-state index is -0.259. The molecule has 19 heavy (non-hydrogen) atoms. The molecule has 1 aliphatic rings. The molecule has 102 valence electrons. The number of nitrogens with two attached hydrogens (primary N) is 1. The third-order valence-corrected chi connectivity index (χ3v) is 3.28. The van der Waals surface area contributed by atoms with Crippen molar-refractivity contribution >= 4 is 17.5 Å². The number of carbonyl (C=O) groups is 2. The van der Waals surface area contributed by atoms with Gasteiger partial charge in [-0.2, -0.15) is 0 Å². The van der Waals surface area contributed by atoms with Crippen LogP contribution >= 0.6 is 0 Å². The van der Waals surface area contributed by atoms with Crippen molar-refractivity contribution in [2.24, 2.45) is 11.7 Å². The van der Waals surface area contributed by atoms with E-state index < -0.39 is 0 Å². The van der Waals surface area contributed by atoms with Crippen LogP contribution in [0.15, 0.2) is 24.3 Å². The van der Waals surface area contributed by atoms with Crippen LogP contribution in [-0.4, -0.2) is 17.9 Å². The lowest BCUT2D eigenvalue weighted by Gasteiger charge is -2.26. The summed E-state index contributed by atoms with van der Waals surface area (Å²) in [5, 5.41) is 5.66. The van der Waals surface area contributed by atoms with Crippen LogP contribution < -0.4 is 16.4 Å². The molecule has 2 rings (SSSR count). The minimum absolute atomic E-state index is 0.0485. The Morgan fingerprint density at radius 3 is 3.00 bits per heavy atom. The van der Waals surface area contributed by atoms with E-state index in [9.17, 15) is 9.59 Å². The standard InChI is InChI=1S/C14H19N3O2/c1-9-5-11(7-13(18)16-9)14(19)17-12-4-2-3-10(6-12)8-15/h2-4,6,9,11H,5,7-8,15H2,1H3,(H,16,18)(H,17,19)/t9-,11+/m0/s1. The lowest BCUT2D eigenvalue weighted by atomic mass is 9.92. The van der Waals surface area contributed by atoms with Gasteiger partial charge >= 0.3 is 0 Å². The molecule has 0 saturated carbocycles. The van der Waals surface area contributed by atoms with Gasteiger partial charge in [-0.15, -0.1) is 0 Å². The van der Waals surface area contributed by atoms with E-state index in [2.05, 4.69) is 10.6 Å². The summed E-state index contributed by atoms with van der Waals surface area (Å²) in [5.74, 6) is -0.421. The van der Waals surface area contributed by atoms with Crippen LogP contribution in [0.25, 0.3) is 0 Å². The van der Waals surface area contributed by atoms with Gasteiger partial charge in [0.1, 0.15) is 0 Å². The van der Waals surface area contributed by atoms with Crippen LogP contribution in [0.1, 0.15) is 25.3 Å². The molecule has 1 aromatic rings. The van der Waals surface area contributed by atoms with Gasteiger partial charge in [0, 0.05) is 30.6 Å². The number of nitrogens with one attached hydrogen (secondary N) is 2. The molecule has 4 N–H and O–H groups in total. The highest BCUT2D eigenvalue weighted by Gasteiger charge is 2.29. The molecule has 2 atom stereocenters. The summed E-state index contributed by atoms with van der Waals surface area (Å²) in [6.07, 6.45) is 0.931. The largest absolute Gasteiger partial charge is 0.354 e. The maximum Gasteiger partial charge on any atom is 0.228 e. The van der Waals surface area contributed by atoms with Crippen molar-refractivity contribution in [2.45, 2.75) is 32.4 Å². The molecule has 0 unspecified atom stereocenters. The Morgan fingerprint density at radius 2 is 2.32 bits per heavy atom. The minimum Gasteiger partial charge on any atom is -0.354 e. The third-order valence-electron chi connectivity index (χ3n) is 3.28. The van der Waals surface area contributed by atoms with Gasteiger partial charge in [-0.05, 0) is 31.0 Å². The average molecular weight is 261 g/mol. The van der Waals surface area contributed by atoms with Gasteiger partial charge in [0.05, 0.1) is 0 Å². The molecule has 0 aliphatic carbocycles. The molecule has 1 fully saturated rings. The molecule has 0 spiro atoms. The first-order chi connectivity index (χ1) is 9.08. The smallest absolute Gasteiger partial charge is 0.228 e. The Labute approximate surface area is 112 Å². The van der Waals surface area contributed by atoms with Crippen molar-refractivity contribution in [3.8, 4) is 0 Å². The van der Waals surface area contributed by atoms with Crippen molar-refractivity contribution < 1.29 is 9.59 Å². The first kappa shape index (κ1) is 13.5. The summed E-state index contributed by atoms with van der Waals surface area (Å²) in [6.45, 7) is 2.35. The molecule has 0 aromatic heterocycles. The fraction of sp³-hybridized carbons (Fsp3) is 0.429. The van der Waals surface area contributed by atoms with Gasteiger partial charge in [-0.3, -0.25) is 9.59 Å². The van der Waals surface area contributed by atoms with E-state index in [0.717, 1.165) is 11.3 Å². The lowest BCUT2D eigenvalue weighted by Crippen LogP contribution is -2.44. The Kier molecular flexibility index (Phi) is 4.16. The number of rotatable bonds is 3. The van der Waals surface area contributed by atoms with E-state index in [-0.39, 0.29) is 30.2 Å². The number of anilines is 1. The van der Waals surface area contributed by atoms with Crippen LogP contribution in [0.5, 0.6) is 0 Å². The van der Waals surface area contributed by atoms with Crippen molar-refractivity contribution in [2.75, 3.05) is 5.32 Å². The van der Waals surface area contributed by atoms with E-state index >= 15 is 0 Å². The Bertz CT molecular complexity index is 487. The van der Waals surface area contributed by atoms with Crippen LogP contribution in [0.2, 0.25) is 0 Å². The summed E-state index contributed by atoms with van der Waals surface area (Å²) in [4.78, 5) is 23.6. The van der Waals surface area contributed by atoms with Gasteiger partial charge in [0.2, 0.25) is 11.8 Å². The van der Waals surface area contributed by atoms with Gasteiger partial charge < -0.3 is 16.4 Å². The van der Waals surface area contributed by atoms with Crippen LogP contribution in [0, 0.1) is 5.92 Å². The summed E-state index contributed by atoms with van der Waals surface area (Å²) in [6, 6.07) is 7.49. The Balaban J connectivity index is 2.01. The zero-order valence-electron chi connectivity index (χ0n) is 11.0. The van der Waals surface area contributed by atoms with Gasteiger partial charge in [-0.1, -0.05) is 12.1 Å². The molecule has 5 nitrogen and oxygen atoms in total. The molecule has 1 saturated heterocycles. The molecular formula is C14H19N3O2. The first-order valence-corrected chi connectivity index (χ1v) is 6.47. The number of carbonyl (C=O) groups excluding carboxylic acids is 2. The van der Waals surface area contributed by atoms with Gasteiger partial charge in [0.15, 0.2) is 0 Å². The first-order valence-electron chi connectivity index (χ1n) is 6.47. The maximum absolute atomic E-state index is 12.1. The van der Waals surface area contributed by atoms with E-state index in [0.29, 0.717) is 13.0 Å². The monoisotopic (exact) mass is 261 g/mol. The molecule has 2 amide bonds. The van der Waals surface area contributed by atoms with Crippen molar-refractivity contribution in [3.63, 3.8) is 0 Å². The van der Waals surface area contributed by atoms with Crippen LogP contribution in [0.3, 0.4) is 0 Å². The van der Waals surface area contributed by atoms with Crippen LogP contribution in [-0.2, 0) is 16.1 Å². The number of piperidine rings is 1. The Hall–Kier alpha value is -1.88. The average Bonchev–Trinajstić information content (AvgIpc) is 2.37. The van der Waals surface area contributed by atoms with Crippen molar-refractivity contribution in [1.29, 1.82) is 0 Å². The third kappa shape index (κ3) is 3.54. The number of benzene rings is 1.